The van der Waals surface area contributed by atoms with E-state index in [1.54, 1.807) is 0 Å². The molecule has 0 aliphatic heterocycles. The van der Waals surface area contributed by atoms with Gasteiger partial charge in [0.2, 0.25) is 0 Å². The van der Waals surface area contributed by atoms with Gasteiger partial charge in [0.1, 0.15) is 0 Å². The topological polar surface area (TPSA) is 8.17 Å². The van der Waals surface area contributed by atoms with E-state index in [0.717, 1.165) is 17.1 Å². The van der Waals surface area contributed by atoms with Gasteiger partial charge in [0.15, 0.2) is 0 Å². The van der Waals surface area contributed by atoms with E-state index >= 15 is 0 Å². The number of rotatable bonds is 7. The Hall–Kier alpha value is -6.64. The molecule has 0 saturated carbocycles. The van der Waals surface area contributed by atoms with Crippen LogP contribution in [-0.2, 0) is 0 Å². The summed E-state index contributed by atoms with van der Waals surface area (Å²) in [5.74, 6) is 0. The van der Waals surface area contributed by atoms with Crippen LogP contribution < -0.4 is 4.90 Å². The van der Waals surface area contributed by atoms with E-state index in [9.17, 15) is 0 Å². The van der Waals surface area contributed by atoms with Crippen LogP contribution in [-0.4, -0.2) is 11.6 Å². The molecule has 0 bridgehead atoms. The molecule has 0 aliphatic carbocycles. The first-order valence-electron chi connectivity index (χ1n) is 17.5. The van der Waals surface area contributed by atoms with Crippen LogP contribution in [0.5, 0.6) is 0 Å². The summed E-state index contributed by atoms with van der Waals surface area (Å²) < 4.78 is 2.41. The summed E-state index contributed by atoms with van der Waals surface area (Å²) in [5.41, 5.74) is 15.6. The zero-order chi connectivity index (χ0) is 34.1. The average Bonchev–Trinajstić information content (AvgIpc) is 3.54. The third-order valence-corrected chi connectivity index (χ3v) is 10.0. The largest absolute Gasteiger partial charge is 0.345 e. The van der Waals surface area contributed by atoms with Crippen molar-refractivity contribution in [3.05, 3.63) is 200 Å². The van der Waals surface area contributed by atoms with Crippen molar-refractivity contribution in [1.29, 1.82) is 0 Å². The summed E-state index contributed by atoms with van der Waals surface area (Å²) in [6.07, 6.45) is 0. The zero-order valence-electron chi connectivity index (χ0n) is 28.4. The molecule has 2 heteroatoms. The van der Waals surface area contributed by atoms with E-state index in [2.05, 4.69) is 217 Å². The number of benzene rings is 8. The number of anilines is 2. The molecule has 0 N–H and O–H groups in total. The fourth-order valence-electron chi connectivity index (χ4n) is 7.47. The van der Waals surface area contributed by atoms with Gasteiger partial charge in [0.05, 0.1) is 11.0 Å². The van der Waals surface area contributed by atoms with Crippen molar-refractivity contribution in [2.75, 3.05) is 11.9 Å². The van der Waals surface area contributed by atoms with Crippen LogP contribution in [0.4, 0.5) is 11.4 Å². The molecule has 51 heavy (non-hydrogen) atoms. The van der Waals surface area contributed by atoms with Gasteiger partial charge in [-0.3, -0.25) is 0 Å². The molecule has 242 valence electrons. The third kappa shape index (κ3) is 5.57. The predicted octanol–water partition coefficient (Wildman–Crippen LogP) is 13.2. The summed E-state index contributed by atoms with van der Waals surface area (Å²) in [7, 11) is 2.12. The number of hydrogen-bond donors (Lipinski definition) is 0. The average molecular weight is 653 g/mol. The molecule has 1 aromatic heterocycles. The maximum atomic E-state index is 2.41. The molecule has 9 rings (SSSR count). The number of aromatic nitrogens is 1. The highest BCUT2D eigenvalue weighted by Crippen LogP contribution is 2.41. The minimum absolute atomic E-state index is 1.13. The highest BCUT2D eigenvalue weighted by atomic mass is 15.1. The predicted molar refractivity (Wildman–Crippen MR) is 217 cm³/mol. The van der Waals surface area contributed by atoms with Crippen molar-refractivity contribution in [2.24, 2.45) is 0 Å². The summed E-state index contributed by atoms with van der Waals surface area (Å²) in [5, 5.41) is 2.46. The lowest BCUT2D eigenvalue weighted by Gasteiger charge is -2.20. The second-order valence-electron chi connectivity index (χ2n) is 13.0. The van der Waals surface area contributed by atoms with Crippen LogP contribution in [0, 0.1) is 0 Å². The first-order valence-corrected chi connectivity index (χ1v) is 17.5. The second kappa shape index (κ2) is 13.0. The highest BCUT2D eigenvalue weighted by molar-refractivity contribution is 6.12. The lowest BCUT2D eigenvalue weighted by atomic mass is 9.92. The lowest BCUT2D eigenvalue weighted by Crippen LogP contribution is -2.09. The van der Waals surface area contributed by atoms with Crippen molar-refractivity contribution in [1.82, 2.24) is 4.57 Å². The quantitative estimate of drug-likeness (QED) is 0.166. The van der Waals surface area contributed by atoms with Gasteiger partial charge in [-0.15, -0.1) is 0 Å². The molecule has 0 radical (unpaired) electrons. The molecule has 0 aliphatic rings. The number of nitrogens with zero attached hydrogens (tertiary/aromatic N) is 2. The molecule has 0 saturated heterocycles. The van der Waals surface area contributed by atoms with Gasteiger partial charge in [0.25, 0.3) is 0 Å². The Bertz CT molecular complexity index is 2480. The van der Waals surface area contributed by atoms with E-state index in [-0.39, 0.29) is 0 Å². The molecule has 9 aromatic rings. The molecule has 0 fully saturated rings. The van der Waals surface area contributed by atoms with Crippen molar-refractivity contribution in [3.8, 4) is 50.2 Å². The van der Waals surface area contributed by atoms with Gasteiger partial charge in [-0.1, -0.05) is 140 Å². The monoisotopic (exact) mass is 652 g/mol. The second-order valence-corrected chi connectivity index (χ2v) is 13.0. The van der Waals surface area contributed by atoms with Gasteiger partial charge >= 0.3 is 0 Å². The molecule has 8 aromatic carbocycles. The Morgan fingerprint density at radius 1 is 0.333 bits per heavy atom. The first kappa shape index (κ1) is 30.4. The van der Waals surface area contributed by atoms with Gasteiger partial charge in [-0.05, 0) is 105 Å². The van der Waals surface area contributed by atoms with Gasteiger partial charge in [-0.25, -0.2) is 0 Å². The summed E-state index contributed by atoms with van der Waals surface area (Å²) >= 11 is 0. The normalized spacial score (nSPS) is 11.2. The van der Waals surface area contributed by atoms with Crippen molar-refractivity contribution in [3.63, 3.8) is 0 Å². The van der Waals surface area contributed by atoms with E-state index in [1.165, 1.54) is 66.3 Å². The fourth-order valence-corrected chi connectivity index (χ4v) is 7.47. The van der Waals surface area contributed by atoms with E-state index in [0.29, 0.717) is 0 Å². The summed E-state index contributed by atoms with van der Waals surface area (Å²) in [6.45, 7) is 0. The minimum atomic E-state index is 1.13. The van der Waals surface area contributed by atoms with Gasteiger partial charge < -0.3 is 9.47 Å². The molecule has 0 atom stereocenters. The molecular weight excluding hydrogens is 617 g/mol. The minimum Gasteiger partial charge on any atom is -0.345 e. The Balaban J connectivity index is 1.24. The molecule has 2 nitrogen and oxygen atoms in total. The number of fused-ring (bicyclic) bond motifs is 3. The molecule has 0 amide bonds. The fraction of sp³-hybridized carbons (Fsp3) is 0.0204. The molecule has 1 heterocycles. The summed E-state index contributed by atoms with van der Waals surface area (Å²) in [6, 6.07) is 72.2. The van der Waals surface area contributed by atoms with Gasteiger partial charge in [0, 0.05) is 34.9 Å². The van der Waals surface area contributed by atoms with Crippen LogP contribution in [0.25, 0.3) is 72.0 Å². The smallest absolute Gasteiger partial charge is 0.0541 e. The van der Waals surface area contributed by atoms with E-state index in [1.807, 2.05) is 0 Å². The molecular formula is C49H36N2. The summed E-state index contributed by atoms with van der Waals surface area (Å²) in [4.78, 5) is 2.22. The maximum absolute atomic E-state index is 2.41. The van der Waals surface area contributed by atoms with Crippen molar-refractivity contribution < 1.29 is 0 Å². The van der Waals surface area contributed by atoms with Gasteiger partial charge in [-0.2, -0.15) is 0 Å². The van der Waals surface area contributed by atoms with Crippen LogP contribution in [0.3, 0.4) is 0 Å². The van der Waals surface area contributed by atoms with Crippen molar-refractivity contribution >= 4 is 33.2 Å². The van der Waals surface area contributed by atoms with Crippen LogP contribution >= 0.6 is 0 Å². The molecule has 0 spiro atoms. The third-order valence-electron chi connectivity index (χ3n) is 10.0. The van der Waals surface area contributed by atoms with Crippen molar-refractivity contribution in [2.45, 2.75) is 0 Å². The number of hydrogen-bond acceptors (Lipinski definition) is 1. The Kier molecular flexibility index (Phi) is 7.75. The van der Waals surface area contributed by atoms with E-state index in [4.69, 9.17) is 0 Å². The Morgan fingerprint density at radius 3 is 1.16 bits per heavy atom. The molecule has 0 unspecified atom stereocenters. The van der Waals surface area contributed by atoms with Crippen LogP contribution in [0.1, 0.15) is 0 Å². The zero-order valence-corrected chi connectivity index (χ0v) is 28.4. The number of para-hydroxylation sites is 1. The van der Waals surface area contributed by atoms with E-state index < -0.39 is 0 Å². The Labute approximate surface area is 299 Å². The van der Waals surface area contributed by atoms with Crippen LogP contribution in [0.15, 0.2) is 200 Å². The van der Waals surface area contributed by atoms with Crippen LogP contribution in [0.2, 0.25) is 0 Å². The maximum Gasteiger partial charge on any atom is 0.0541 e. The first-order chi connectivity index (χ1) is 25.2. The highest BCUT2D eigenvalue weighted by Gasteiger charge is 2.17. The SMILES string of the molecule is CN(c1ccccc1)c1ccc(-n2c3ccc(-c4ccccc4-c4ccccc4)cc3c3cc(-c4ccccc4-c4ccccc4)ccc32)cc1. The Morgan fingerprint density at radius 2 is 0.706 bits per heavy atom. The standard InChI is InChI=1S/C49H36N2/c1-50(39-19-9-4-10-20-39)40-27-29-41(30-28-40)51-48-31-25-37(44-23-13-11-21-42(44)35-15-5-2-6-16-35)33-46(48)47-34-38(26-32-49(47)51)45-24-14-12-22-43(45)36-17-7-3-8-18-36/h2-34H,1H3. The lowest BCUT2D eigenvalue weighted by molar-refractivity contribution is 1.16.